The Morgan fingerprint density at radius 3 is 2.60 bits per heavy atom. The lowest BCUT2D eigenvalue weighted by molar-refractivity contribution is -0.512. The van der Waals surface area contributed by atoms with Crippen LogP contribution >= 0.6 is 11.6 Å². The van der Waals surface area contributed by atoms with Crippen LogP contribution in [0.2, 0.25) is 5.02 Å². The molecule has 0 bridgehead atoms. The highest BCUT2D eigenvalue weighted by Gasteiger charge is 2.12. The molecule has 0 unspecified atom stereocenters. The summed E-state index contributed by atoms with van der Waals surface area (Å²) in [7, 11) is 0. The Hall–Kier alpha value is -1.65. The molecule has 0 amide bonds. The van der Waals surface area contributed by atoms with E-state index in [1.54, 1.807) is 24.3 Å². The van der Waals surface area contributed by atoms with Gasteiger partial charge in [0.15, 0.2) is 12.1 Å². The zero-order chi connectivity index (χ0) is 13.2. The largest absolute Gasteiger partial charge is 1.00 e. The summed E-state index contributed by atoms with van der Waals surface area (Å²) in [5.74, 6) is 0.0672. The van der Waals surface area contributed by atoms with Gasteiger partial charge in [-0.15, -0.1) is 0 Å². The number of aromatic nitrogens is 2. The summed E-state index contributed by atoms with van der Waals surface area (Å²) < 4.78 is 3.86. The molecular weight excluding hydrogens is 340 g/mol. The van der Waals surface area contributed by atoms with Crippen molar-refractivity contribution in [3.8, 4) is 0 Å². The number of ketones is 1. The molecule has 102 valence electrons. The van der Waals surface area contributed by atoms with Crippen LogP contribution in [0, 0.1) is 0 Å². The number of nitrogens with zero attached hydrogens (tertiary/aromatic N) is 2. The lowest BCUT2D eigenvalue weighted by atomic mass is 10.1. The molecule has 0 aliphatic heterocycles. The first kappa shape index (κ1) is 14.8. The van der Waals surface area contributed by atoms with Crippen molar-refractivity contribution < 1.29 is 26.2 Å². The van der Waals surface area contributed by atoms with Gasteiger partial charge in [0.1, 0.15) is 6.20 Å². The summed E-state index contributed by atoms with van der Waals surface area (Å²) in [4.78, 5) is 12.1. The third-order valence-corrected chi connectivity index (χ3v) is 3.24. The molecule has 3 aromatic rings. The number of hydrogen-bond donors (Lipinski definition) is 0. The van der Waals surface area contributed by atoms with Crippen LogP contribution in [0.3, 0.4) is 0 Å². The van der Waals surface area contributed by atoms with Crippen LogP contribution in [-0.2, 0) is 6.54 Å². The number of carbonyl (C=O) groups excluding carboxylic acids is 1. The summed E-state index contributed by atoms with van der Waals surface area (Å²) >= 11 is 5.81. The van der Waals surface area contributed by atoms with E-state index in [0.717, 1.165) is 5.52 Å². The molecule has 0 saturated carbocycles. The van der Waals surface area contributed by atoms with Crippen LogP contribution in [-0.4, -0.2) is 10.4 Å². The van der Waals surface area contributed by atoms with Crippen LogP contribution in [0.4, 0.5) is 0 Å². The van der Waals surface area contributed by atoms with E-state index >= 15 is 0 Å². The SMILES string of the molecule is O=C(Cn1cc2cccc[n+]2c1)c1ccc(Cl)cc1.[Br-]. The van der Waals surface area contributed by atoms with Crippen molar-refractivity contribution in [3.63, 3.8) is 0 Å². The molecule has 0 atom stereocenters. The second-order valence-corrected chi connectivity index (χ2v) is 4.82. The minimum absolute atomic E-state index is 0. The van der Waals surface area contributed by atoms with Crippen molar-refractivity contribution in [3.05, 3.63) is 71.8 Å². The minimum atomic E-state index is 0. The Labute approximate surface area is 132 Å². The monoisotopic (exact) mass is 350 g/mol. The van der Waals surface area contributed by atoms with Crippen molar-refractivity contribution >= 4 is 22.9 Å². The highest BCUT2D eigenvalue weighted by atomic mass is 79.9. The molecule has 3 rings (SSSR count). The molecule has 1 aromatic carbocycles. The predicted octanol–water partition coefficient (Wildman–Crippen LogP) is -0.233. The second-order valence-electron chi connectivity index (χ2n) is 4.38. The van der Waals surface area contributed by atoms with Gasteiger partial charge in [-0.3, -0.25) is 4.79 Å². The molecule has 0 spiro atoms. The van der Waals surface area contributed by atoms with Crippen LogP contribution in [0.15, 0.2) is 61.2 Å². The second kappa shape index (κ2) is 6.20. The van der Waals surface area contributed by atoms with Gasteiger partial charge in [0.2, 0.25) is 12.1 Å². The number of rotatable bonds is 3. The number of benzene rings is 1. The fourth-order valence-electron chi connectivity index (χ4n) is 2.03. The number of fused-ring (bicyclic) bond motifs is 1. The zero-order valence-electron chi connectivity index (χ0n) is 10.5. The van der Waals surface area contributed by atoms with Gasteiger partial charge in [0.05, 0.1) is 6.20 Å². The number of hydrogen-bond acceptors (Lipinski definition) is 1. The van der Waals surface area contributed by atoms with E-state index in [1.807, 2.05) is 45.9 Å². The van der Waals surface area contributed by atoms with E-state index in [2.05, 4.69) is 0 Å². The summed E-state index contributed by atoms with van der Waals surface area (Å²) in [6, 6.07) is 12.9. The summed E-state index contributed by atoms with van der Waals surface area (Å²) in [6.07, 6.45) is 5.82. The van der Waals surface area contributed by atoms with Crippen LogP contribution < -0.4 is 21.4 Å². The third-order valence-electron chi connectivity index (χ3n) is 2.99. The molecule has 0 N–H and O–H groups in total. The lowest BCUT2D eigenvalue weighted by Gasteiger charge is -1.98. The fourth-order valence-corrected chi connectivity index (χ4v) is 2.15. The van der Waals surface area contributed by atoms with E-state index in [-0.39, 0.29) is 22.8 Å². The Bertz CT molecular complexity index is 704. The van der Waals surface area contributed by atoms with Gasteiger partial charge in [0, 0.05) is 10.6 Å². The van der Waals surface area contributed by atoms with Gasteiger partial charge < -0.3 is 17.0 Å². The molecule has 0 aliphatic rings. The quantitative estimate of drug-likeness (QED) is 0.473. The van der Waals surface area contributed by atoms with Crippen molar-refractivity contribution in [2.75, 3.05) is 0 Å². The molecule has 0 fully saturated rings. The molecule has 0 aliphatic carbocycles. The van der Waals surface area contributed by atoms with Crippen molar-refractivity contribution in [2.45, 2.75) is 6.54 Å². The van der Waals surface area contributed by atoms with Gasteiger partial charge in [0.25, 0.3) is 0 Å². The van der Waals surface area contributed by atoms with Gasteiger partial charge in [-0.05, 0) is 36.4 Å². The standard InChI is InChI=1S/C15H12ClN2O.BrH/c16-13-6-4-12(5-7-13)15(19)10-17-9-14-3-1-2-8-18(14)11-17;/h1-9,11H,10H2;1H/q+1;/p-1. The Morgan fingerprint density at radius 1 is 1.15 bits per heavy atom. The Morgan fingerprint density at radius 2 is 1.90 bits per heavy atom. The summed E-state index contributed by atoms with van der Waals surface area (Å²) in [6.45, 7) is 0.323. The van der Waals surface area contributed by atoms with Crippen molar-refractivity contribution in [1.82, 2.24) is 4.57 Å². The van der Waals surface area contributed by atoms with Gasteiger partial charge in [-0.1, -0.05) is 17.7 Å². The molecular formula is C15H12BrClN2O. The number of halogens is 2. The predicted molar refractivity (Wildman–Crippen MR) is 73.4 cm³/mol. The zero-order valence-corrected chi connectivity index (χ0v) is 12.9. The first-order valence-electron chi connectivity index (χ1n) is 5.97. The molecule has 2 aromatic heterocycles. The van der Waals surface area contributed by atoms with Gasteiger partial charge in [-0.25, -0.2) is 8.97 Å². The maximum atomic E-state index is 12.1. The summed E-state index contributed by atoms with van der Waals surface area (Å²) in [5, 5.41) is 0.638. The first-order valence-corrected chi connectivity index (χ1v) is 6.35. The Balaban J connectivity index is 0.00000147. The minimum Gasteiger partial charge on any atom is -1.00 e. The normalized spacial score (nSPS) is 10.2. The van der Waals surface area contributed by atoms with E-state index in [1.165, 1.54) is 0 Å². The number of pyridine rings is 1. The third kappa shape index (κ3) is 3.08. The van der Waals surface area contributed by atoms with Crippen LogP contribution in [0.1, 0.15) is 10.4 Å². The molecule has 5 heteroatoms. The highest BCUT2D eigenvalue weighted by Crippen LogP contribution is 2.10. The van der Waals surface area contributed by atoms with E-state index in [4.69, 9.17) is 11.6 Å². The maximum absolute atomic E-state index is 12.1. The molecule has 20 heavy (non-hydrogen) atoms. The van der Waals surface area contributed by atoms with Crippen LogP contribution in [0.5, 0.6) is 0 Å². The average Bonchev–Trinajstić information content (AvgIpc) is 2.81. The molecule has 0 radical (unpaired) electrons. The summed E-state index contributed by atoms with van der Waals surface area (Å²) in [5.41, 5.74) is 1.73. The van der Waals surface area contributed by atoms with Gasteiger partial charge >= 0.3 is 0 Å². The average molecular weight is 352 g/mol. The lowest BCUT2D eigenvalue weighted by Crippen LogP contribution is -3.00. The molecule has 3 nitrogen and oxygen atoms in total. The highest BCUT2D eigenvalue weighted by molar-refractivity contribution is 6.30. The maximum Gasteiger partial charge on any atom is 0.249 e. The topological polar surface area (TPSA) is 26.1 Å². The number of carbonyl (C=O) groups is 1. The number of imidazole rings is 1. The smallest absolute Gasteiger partial charge is 0.249 e. The van der Waals surface area contributed by atoms with Crippen molar-refractivity contribution in [1.29, 1.82) is 0 Å². The first-order chi connectivity index (χ1) is 9.22. The van der Waals surface area contributed by atoms with E-state index < -0.39 is 0 Å². The van der Waals surface area contributed by atoms with E-state index in [9.17, 15) is 4.79 Å². The van der Waals surface area contributed by atoms with Gasteiger partial charge in [-0.2, -0.15) is 0 Å². The number of Topliss-reactive ketones (excluding diaryl/α,β-unsaturated/α-hetero) is 1. The molecule has 0 saturated heterocycles. The van der Waals surface area contributed by atoms with Crippen LogP contribution in [0.25, 0.3) is 5.52 Å². The molecule has 2 heterocycles. The fraction of sp³-hybridized carbons (Fsp3) is 0.0667. The van der Waals surface area contributed by atoms with E-state index in [0.29, 0.717) is 17.1 Å². The Kier molecular flexibility index (Phi) is 4.57. The van der Waals surface area contributed by atoms with Crippen molar-refractivity contribution in [2.24, 2.45) is 0 Å².